The quantitative estimate of drug-likeness (QED) is 0.573. The number of nitrogens with zero attached hydrogens (tertiary/aromatic N) is 1. The predicted octanol–water partition coefficient (Wildman–Crippen LogP) is 4.53. The van der Waals surface area contributed by atoms with Crippen LogP contribution in [0.3, 0.4) is 0 Å². The van der Waals surface area contributed by atoms with E-state index in [1.165, 1.54) is 24.6 Å². The van der Waals surface area contributed by atoms with Crippen LogP contribution < -0.4 is 19.1 Å². The molecule has 8 heteroatoms. The number of hydrogen-bond donors (Lipinski definition) is 1. The minimum absolute atomic E-state index is 0.000628. The first-order chi connectivity index (χ1) is 15.7. The van der Waals surface area contributed by atoms with Gasteiger partial charge in [0.15, 0.2) is 16.4 Å². The van der Waals surface area contributed by atoms with E-state index >= 15 is 0 Å². The number of aryl methyl sites for hydroxylation is 2. The number of fused-ring (bicyclic) bond motifs is 1. The van der Waals surface area contributed by atoms with Crippen LogP contribution in [0, 0.1) is 0 Å². The van der Waals surface area contributed by atoms with Gasteiger partial charge in [-0.1, -0.05) is 38.1 Å². The number of carbonyl (C=O) groups excluding carboxylic acids is 1. The molecular formula is C25H30N2O5S. The van der Waals surface area contributed by atoms with Crippen LogP contribution in [-0.4, -0.2) is 35.1 Å². The first-order valence-corrected chi connectivity index (χ1v) is 12.2. The Morgan fingerprint density at radius 1 is 1.09 bits per heavy atom. The van der Waals surface area contributed by atoms with Crippen molar-refractivity contribution in [1.82, 2.24) is 0 Å². The molecule has 0 bridgehead atoms. The minimum atomic E-state index is -4.16. The Balaban J connectivity index is 2.23. The first-order valence-electron chi connectivity index (χ1n) is 10.8. The van der Waals surface area contributed by atoms with Crippen LogP contribution in [0.15, 0.2) is 47.9 Å². The average molecular weight is 471 g/mol. The SMILES string of the molecule is C=CCN1c2cc(OC)c(OC)cc2C(C)=C(C(=O)Nc2c(CC)cccc2CC)S1(=O)=O. The van der Waals surface area contributed by atoms with Crippen molar-refractivity contribution in [2.24, 2.45) is 0 Å². The molecule has 0 aliphatic carbocycles. The smallest absolute Gasteiger partial charge is 0.270 e. The summed E-state index contributed by atoms with van der Waals surface area (Å²) in [4.78, 5) is 13.2. The Morgan fingerprint density at radius 3 is 2.18 bits per heavy atom. The Labute approximate surface area is 195 Å². The lowest BCUT2D eigenvalue weighted by molar-refractivity contribution is -0.112. The third-order valence-electron chi connectivity index (χ3n) is 5.80. The summed E-state index contributed by atoms with van der Waals surface area (Å²) in [6, 6.07) is 9.11. The second-order valence-corrected chi connectivity index (χ2v) is 9.41. The van der Waals surface area contributed by atoms with Crippen molar-refractivity contribution in [3.05, 3.63) is 64.6 Å². The lowest BCUT2D eigenvalue weighted by Gasteiger charge is -2.32. The topological polar surface area (TPSA) is 84.9 Å². The Bertz CT molecular complexity index is 1210. The zero-order valence-electron chi connectivity index (χ0n) is 19.7. The fraction of sp³-hybridized carbons (Fsp3) is 0.320. The zero-order chi connectivity index (χ0) is 24.3. The number of benzene rings is 2. The Hall–Kier alpha value is -3.26. The van der Waals surface area contributed by atoms with Crippen LogP contribution in [0.4, 0.5) is 11.4 Å². The molecule has 2 aromatic carbocycles. The van der Waals surface area contributed by atoms with Gasteiger partial charge in [0.25, 0.3) is 15.9 Å². The van der Waals surface area contributed by atoms with E-state index in [0.29, 0.717) is 46.9 Å². The van der Waals surface area contributed by atoms with Crippen molar-refractivity contribution in [2.75, 3.05) is 30.4 Å². The van der Waals surface area contributed by atoms with Gasteiger partial charge in [-0.05, 0) is 42.5 Å². The molecule has 3 rings (SSSR count). The normalized spacial score (nSPS) is 14.5. The third-order valence-corrected chi connectivity index (χ3v) is 7.74. The van der Waals surface area contributed by atoms with E-state index in [9.17, 15) is 13.2 Å². The van der Waals surface area contributed by atoms with E-state index in [0.717, 1.165) is 11.1 Å². The number of amides is 1. The van der Waals surface area contributed by atoms with E-state index in [1.54, 1.807) is 19.1 Å². The highest BCUT2D eigenvalue weighted by molar-refractivity contribution is 7.97. The van der Waals surface area contributed by atoms with Gasteiger partial charge in [0.1, 0.15) is 0 Å². The van der Waals surface area contributed by atoms with E-state index < -0.39 is 15.9 Å². The average Bonchev–Trinajstić information content (AvgIpc) is 2.80. The number of rotatable bonds is 8. The highest BCUT2D eigenvalue weighted by Gasteiger charge is 2.40. The minimum Gasteiger partial charge on any atom is -0.493 e. The molecule has 1 amide bonds. The fourth-order valence-electron chi connectivity index (χ4n) is 4.10. The highest BCUT2D eigenvalue weighted by Crippen LogP contribution is 2.45. The lowest BCUT2D eigenvalue weighted by Crippen LogP contribution is -2.39. The van der Waals surface area contributed by atoms with Gasteiger partial charge in [0, 0.05) is 17.3 Å². The van der Waals surface area contributed by atoms with Crippen molar-refractivity contribution in [3.8, 4) is 11.5 Å². The number of carbonyl (C=O) groups is 1. The van der Waals surface area contributed by atoms with Crippen LogP contribution in [-0.2, 0) is 27.7 Å². The summed E-state index contributed by atoms with van der Waals surface area (Å²) in [5.74, 6) is 0.168. The van der Waals surface area contributed by atoms with Gasteiger partial charge in [-0.25, -0.2) is 8.42 Å². The van der Waals surface area contributed by atoms with Gasteiger partial charge in [-0.15, -0.1) is 6.58 Å². The number of para-hydroxylation sites is 1. The van der Waals surface area contributed by atoms with Crippen molar-refractivity contribution in [3.63, 3.8) is 0 Å². The molecule has 7 nitrogen and oxygen atoms in total. The van der Waals surface area contributed by atoms with Gasteiger partial charge in [0.05, 0.1) is 26.5 Å². The molecule has 2 aromatic rings. The molecule has 0 fully saturated rings. The largest absolute Gasteiger partial charge is 0.493 e. The van der Waals surface area contributed by atoms with Crippen LogP contribution in [0.25, 0.3) is 5.57 Å². The van der Waals surface area contributed by atoms with Gasteiger partial charge in [0.2, 0.25) is 0 Å². The van der Waals surface area contributed by atoms with Crippen molar-refractivity contribution >= 4 is 32.9 Å². The van der Waals surface area contributed by atoms with Crippen LogP contribution >= 0.6 is 0 Å². The predicted molar refractivity (Wildman–Crippen MR) is 132 cm³/mol. The molecule has 1 aliphatic heterocycles. The molecule has 1 aliphatic rings. The highest BCUT2D eigenvalue weighted by atomic mass is 32.2. The molecule has 0 spiro atoms. The summed E-state index contributed by atoms with van der Waals surface area (Å²) in [7, 11) is -1.17. The van der Waals surface area contributed by atoms with Gasteiger partial charge >= 0.3 is 0 Å². The first kappa shape index (κ1) is 24.4. The lowest BCUT2D eigenvalue weighted by atomic mass is 10.0. The molecule has 0 aromatic heterocycles. The molecule has 33 heavy (non-hydrogen) atoms. The number of hydrogen-bond acceptors (Lipinski definition) is 5. The van der Waals surface area contributed by atoms with E-state index in [4.69, 9.17) is 9.47 Å². The van der Waals surface area contributed by atoms with Crippen LogP contribution in [0.5, 0.6) is 11.5 Å². The summed E-state index contributed by atoms with van der Waals surface area (Å²) in [5, 5.41) is 2.90. The summed E-state index contributed by atoms with van der Waals surface area (Å²) >= 11 is 0. The molecule has 0 radical (unpaired) electrons. The Kier molecular flexibility index (Phi) is 7.17. The van der Waals surface area contributed by atoms with Crippen LogP contribution in [0.2, 0.25) is 0 Å². The number of allylic oxidation sites excluding steroid dienone is 1. The van der Waals surface area contributed by atoms with E-state index in [2.05, 4.69) is 11.9 Å². The third kappa shape index (κ3) is 4.23. The standard InChI is InChI=1S/C25H30N2O5S/c1-7-13-27-20-15-22(32-6)21(31-5)14-19(20)16(4)24(33(27,29)30)25(28)26-23-17(8-2)11-10-12-18(23)9-3/h7,10-12,14-15H,1,8-9,13H2,2-6H3,(H,26,28). The maximum Gasteiger partial charge on any atom is 0.270 e. The number of sulfonamides is 1. The fourth-order valence-corrected chi connectivity index (χ4v) is 5.82. The summed E-state index contributed by atoms with van der Waals surface area (Å²) in [6.45, 7) is 9.32. The maximum atomic E-state index is 13.7. The summed E-state index contributed by atoms with van der Waals surface area (Å²) in [6.07, 6.45) is 2.89. The number of anilines is 2. The van der Waals surface area contributed by atoms with Gasteiger partial charge in [-0.3, -0.25) is 9.10 Å². The van der Waals surface area contributed by atoms with Crippen molar-refractivity contribution in [2.45, 2.75) is 33.6 Å². The Morgan fingerprint density at radius 2 is 1.67 bits per heavy atom. The molecule has 0 saturated carbocycles. The molecule has 176 valence electrons. The molecular weight excluding hydrogens is 440 g/mol. The van der Waals surface area contributed by atoms with Gasteiger partial charge in [-0.2, -0.15) is 0 Å². The monoisotopic (exact) mass is 470 g/mol. The van der Waals surface area contributed by atoms with Crippen molar-refractivity contribution in [1.29, 1.82) is 0 Å². The molecule has 0 saturated heterocycles. The molecule has 0 unspecified atom stereocenters. The van der Waals surface area contributed by atoms with Crippen LogP contribution in [0.1, 0.15) is 37.5 Å². The van der Waals surface area contributed by atoms with E-state index in [1.807, 2.05) is 32.0 Å². The number of methoxy groups -OCH3 is 2. The molecule has 1 N–H and O–H groups in total. The zero-order valence-corrected chi connectivity index (χ0v) is 20.5. The van der Waals surface area contributed by atoms with Gasteiger partial charge < -0.3 is 14.8 Å². The van der Waals surface area contributed by atoms with Crippen molar-refractivity contribution < 1.29 is 22.7 Å². The second-order valence-electron chi connectivity index (χ2n) is 7.62. The summed E-state index contributed by atoms with van der Waals surface area (Å²) in [5.41, 5.74) is 3.89. The van der Waals surface area contributed by atoms with E-state index in [-0.39, 0.29) is 11.4 Å². The second kappa shape index (κ2) is 9.70. The number of nitrogens with one attached hydrogen (secondary N) is 1. The molecule has 1 heterocycles. The maximum absolute atomic E-state index is 13.7. The number of ether oxygens (including phenoxy) is 2. The molecule has 0 atom stereocenters. The summed E-state index contributed by atoms with van der Waals surface area (Å²) < 4.78 is 39.3.